The van der Waals surface area contributed by atoms with Gasteiger partial charge < -0.3 is 15.4 Å². The first kappa shape index (κ1) is 20.8. The van der Waals surface area contributed by atoms with Gasteiger partial charge in [0.25, 0.3) is 18.2 Å². The van der Waals surface area contributed by atoms with Crippen LogP contribution < -0.4 is 10.6 Å². The average molecular weight is 411 g/mol. The number of aromatic amines is 1. The monoisotopic (exact) mass is 411 g/mol. The lowest BCUT2D eigenvalue weighted by atomic mass is 10.1. The zero-order chi connectivity index (χ0) is 20.8. The number of alkyl halides is 2. The maximum Gasteiger partial charge on any atom is 0.279 e. The van der Waals surface area contributed by atoms with Crippen molar-refractivity contribution in [3.63, 3.8) is 0 Å². The fourth-order valence-corrected chi connectivity index (χ4v) is 2.81. The highest BCUT2D eigenvalue weighted by atomic mass is 19.3. The summed E-state index contributed by atoms with van der Waals surface area (Å²) in [5, 5.41) is 10.6. The molecule has 0 atom stereocenters. The molecule has 1 fully saturated rings. The van der Waals surface area contributed by atoms with Crippen LogP contribution in [0.15, 0.2) is 24.3 Å². The third-order valence-corrected chi connectivity index (χ3v) is 4.30. The first-order chi connectivity index (χ1) is 13.9. The van der Waals surface area contributed by atoms with Gasteiger partial charge in [0, 0.05) is 37.4 Å². The van der Waals surface area contributed by atoms with E-state index in [0.29, 0.717) is 26.3 Å². The summed E-state index contributed by atoms with van der Waals surface area (Å²) < 4.78 is 44.3. The zero-order valence-corrected chi connectivity index (χ0v) is 15.4. The molecule has 3 rings (SSSR count). The largest absolute Gasteiger partial charge is 0.379 e. The Morgan fingerprint density at radius 1 is 1.17 bits per heavy atom. The smallest absolute Gasteiger partial charge is 0.279 e. The Morgan fingerprint density at radius 3 is 2.62 bits per heavy atom. The molecule has 2 heterocycles. The van der Waals surface area contributed by atoms with E-state index in [2.05, 4.69) is 25.7 Å². The lowest BCUT2D eigenvalue weighted by Crippen LogP contribution is -2.41. The van der Waals surface area contributed by atoms with Crippen LogP contribution in [0.5, 0.6) is 0 Å². The van der Waals surface area contributed by atoms with Crippen LogP contribution in [0.2, 0.25) is 0 Å². The summed E-state index contributed by atoms with van der Waals surface area (Å²) in [5.74, 6) is -2.03. The minimum absolute atomic E-state index is 0.00919. The van der Waals surface area contributed by atoms with Crippen LogP contribution in [0.4, 0.5) is 18.9 Å². The van der Waals surface area contributed by atoms with Gasteiger partial charge in [0.15, 0.2) is 5.69 Å². The summed E-state index contributed by atoms with van der Waals surface area (Å²) in [5.41, 5.74) is -0.747. The van der Waals surface area contributed by atoms with Crippen molar-refractivity contribution in [1.82, 2.24) is 20.4 Å². The van der Waals surface area contributed by atoms with Crippen molar-refractivity contribution in [3.8, 4) is 0 Å². The molecule has 1 aliphatic heterocycles. The lowest BCUT2D eigenvalue weighted by molar-refractivity contribution is 0.0383. The lowest BCUT2D eigenvalue weighted by Gasteiger charge is -2.26. The van der Waals surface area contributed by atoms with Gasteiger partial charge in [-0.25, -0.2) is 13.2 Å². The van der Waals surface area contributed by atoms with Crippen molar-refractivity contribution >= 4 is 17.5 Å². The SMILES string of the molecule is O=C(NCCN1CCOCC1)c1cc(F)cc(NC(=O)c2cc(C(F)F)[nH]n2)c1. The van der Waals surface area contributed by atoms with Crippen LogP contribution >= 0.6 is 0 Å². The van der Waals surface area contributed by atoms with Gasteiger partial charge in [-0.05, 0) is 24.3 Å². The van der Waals surface area contributed by atoms with E-state index in [1.807, 2.05) is 0 Å². The average Bonchev–Trinajstić information content (AvgIpc) is 3.19. The van der Waals surface area contributed by atoms with Crippen molar-refractivity contribution in [1.29, 1.82) is 0 Å². The molecule has 0 bridgehead atoms. The third kappa shape index (κ3) is 5.78. The summed E-state index contributed by atoms with van der Waals surface area (Å²) in [6.45, 7) is 3.88. The molecule has 0 aliphatic carbocycles. The van der Waals surface area contributed by atoms with E-state index in [-0.39, 0.29) is 16.9 Å². The second-order valence-corrected chi connectivity index (χ2v) is 6.40. The Labute approximate surface area is 164 Å². The number of nitrogens with zero attached hydrogens (tertiary/aromatic N) is 2. The first-order valence-corrected chi connectivity index (χ1v) is 8.96. The number of carbonyl (C=O) groups is 2. The fraction of sp³-hybridized carbons (Fsp3) is 0.389. The maximum absolute atomic E-state index is 13.9. The minimum atomic E-state index is -2.80. The number of halogens is 3. The second-order valence-electron chi connectivity index (χ2n) is 6.40. The molecule has 0 unspecified atom stereocenters. The third-order valence-electron chi connectivity index (χ3n) is 4.30. The number of carbonyl (C=O) groups excluding carboxylic acids is 2. The molecule has 0 spiro atoms. The van der Waals surface area contributed by atoms with E-state index in [9.17, 15) is 22.8 Å². The molecule has 0 radical (unpaired) electrons. The Hall–Kier alpha value is -2.92. The quantitative estimate of drug-likeness (QED) is 0.645. The molecular weight excluding hydrogens is 391 g/mol. The minimum Gasteiger partial charge on any atom is -0.379 e. The molecule has 156 valence electrons. The number of hydrogen-bond acceptors (Lipinski definition) is 5. The molecule has 0 saturated carbocycles. The number of morpholine rings is 1. The van der Waals surface area contributed by atoms with E-state index in [0.717, 1.165) is 31.3 Å². The van der Waals surface area contributed by atoms with Gasteiger partial charge in [0.2, 0.25) is 0 Å². The molecule has 2 amide bonds. The number of H-pyrrole nitrogens is 1. The van der Waals surface area contributed by atoms with Crippen LogP contribution in [0, 0.1) is 5.82 Å². The van der Waals surface area contributed by atoms with E-state index >= 15 is 0 Å². The summed E-state index contributed by atoms with van der Waals surface area (Å²) in [6.07, 6.45) is -2.80. The Morgan fingerprint density at radius 2 is 1.93 bits per heavy atom. The first-order valence-electron chi connectivity index (χ1n) is 8.96. The van der Waals surface area contributed by atoms with Gasteiger partial charge >= 0.3 is 0 Å². The molecule has 1 aromatic carbocycles. The van der Waals surface area contributed by atoms with Crippen molar-refractivity contribution in [3.05, 3.63) is 47.0 Å². The number of nitrogens with one attached hydrogen (secondary N) is 3. The van der Waals surface area contributed by atoms with E-state index in [1.54, 1.807) is 0 Å². The van der Waals surface area contributed by atoms with Crippen molar-refractivity contribution in [2.75, 3.05) is 44.7 Å². The number of amides is 2. The van der Waals surface area contributed by atoms with Crippen LogP contribution in [-0.4, -0.2) is 66.3 Å². The fourth-order valence-electron chi connectivity index (χ4n) is 2.81. The van der Waals surface area contributed by atoms with Crippen LogP contribution in [-0.2, 0) is 4.74 Å². The summed E-state index contributed by atoms with van der Waals surface area (Å²) in [6, 6.07) is 4.26. The topological polar surface area (TPSA) is 99.4 Å². The number of rotatable bonds is 7. The van der Waals surface area contributed by atoms with Gasteiger partial charge in [-0.2, -0.15) is 5.10 Å². The summed E-state index contributed by atoms with van der Waals surface area (Å²) >= 11 is 0. The van der Waals surface area contributed by atoms with Gasteiger partial charge in [-0.1, -0.05) is 0 Å². The number of benzene rings is 1. The molecule has 11 heteroatoms. The second kappa shape index (κ2) is 9.52. The molecule has 3 N–H and O–H groups in total. The number of ether oxygens (including phenoxy) is 1. The van der Waals surface area contributed by atoms with Gasteiger partial charge in [0.1, 0.15) is 11.5 Å². The van der Waals surface area contributed by atoms with Gasteiger partial charge in [-0.3, -0.25) is 19.6 Å². The maximum atomic E-state index is 13.9. The van der Waals surface area contributed by atoms with Crippen LogP contribution in [0.25, 0.3) is 0 Å². The van der Waals surface area contributed by atoms with E-state index in [4.69, 9.17) is 4.74 Å². The molecule has 8 nitrogen and oxygen atoms in total. The summed E-state index contributed by atoms with van der Waals surface area (Å²) in [4.78, 5) is 26.5. The molecule has 1 aromatic heterocycles. The highest BCUT2D eigenvalue weighted by Crippen LogP contribution is 2.18. The highest BCUT2D eigenvalue weighted by molar-refractivity contribution is 6.04. The Balaban J connectivity index is 1.59. The van der Waals surface area contributed by atoms with Crippen molar-refractivity contribution in [2.24, 2.45) is 0 Å². The Bertz CT molecular complexity index is 868. The Kier molecular flexibility index (Phi) is 6.83. The standard InChI is InChI=1S/C18H20F3N5O3/c19-12-7-11(17(27)22-1-2-26-3-5-29-6-4-26)8-13(9-12)23-18(28)15-10-14(16(20)21)24-25-15/h7-10,16H,1-6H2,(H,22,27)(H,23,28)(H,24,25). The number of anilines is 1. The molecular formula is C18H20F3N5O3. The van der Waals surface area contributed by atoms with E-state index < -0.39 is 29.8 Å². The van der Waals surface area contributed by atoms with Crippen LogP contribution in [0.3, 0.4) is 0 Å². The molecule has 1 saturated heterocycles. The normalized spacial score (nSPS) is 14.8. The van der Waals surface area contributed by atoms with Gasteiger partial charge in [0.05, 0.1) is 13.2 Å². The zero-order valence-electron chi connectivity index (χ0n) is 15.4. The van der Waals surface area contributed by atoms with Crippen molar-refractivity contribution in [2.45, 2.75) is 6.43 Å². The predicted octanol–water partition coefficient (Wildman–Crippen LogP) is 1.80. The highest BCUT2D eigenvalue weighted by Gasteiger charge is 2.17. The number of aromatic nitrogens is 2. The number of hydrogen-bond donors (Lipinski definition) is 3. The van der Waals surface area contributed by atoms with Crippen LogP contribution in [0.1, 0.15) is 33.0 Å². The predicted molar refractivity (Wildman–Crippen MR) is 97.5 cm³/mol. The van der Waals surface area contributed by atoms with E-state index in [1.165, 1.54) is 6.07 Å². The molecule has 2 aromatic rings. The molecule has 1 aliphatic rings. The van der Waals surface area contributed by atoms with Crippen molar-refractivity contribution < 1.29 is 27.5 Å². The van der Waals surface area contributed by atoms with Gasteiger partial charge in [-0.15, -0.1) is 0 Å². The summed E-state index contributed by atoms with van der Waals surface area (Å²) in [7, 11) is 0. The molecule has 29 heavy (non-hydrogen) atoms.